The van der Waals surface area contributed by atoms with Gasteiger partial charge in [-0.15, -0.1) is 0 Å². The number of hydrogen-bond donors (Lipinski definition) is 0. The zero-order chi connectivity index (χ0) is 12.4. The molecule has 1 atom stereocenters. The maximum absolute atomic E-state index is 12.3. The summed E-state index contributed by atoms with van der Waals surface area (Å²) in [5.41, 5.74) is 2.00. The van der Waals surface area contributed by atoms with Crippen LogP contribution in [0, 0.1) is 12.8 Å². The number of thiophene rings is 1. The highest BCUT2D eigenvalue weighted by Crippen LogP contribution is 2.26. The van der Waals surface area contributed by atoms with Crippen LogP contribution in [0.5, 0.6) is 0 Å². The first kappa shape index (κ1) is 13.1. The molecule has 0 spiro atoms. The number of likely N-dealkylation sites (tertiary alicyclic amines) is 1. The smallest absolute Gasteiger partial charge is 0.254 e. The van der Waals surface area contributed by atoms with E-state index in [0.29, 0.717) is 10.7 Å². The molecule has 1 aliphatic rings. The zero-order valence-corrected chi connectivity index (χ0v) is 12.7. The Morgan fingerprint density at radius 2 is 2.12 bits per heavy atom. The average Bonchev–Trinajstić information content (AvgIpc) is 2.74. The number of alkyl halides is 1. The summed E-state index contributed by atoms with van der Waals surface area (Å²) in [7, 11) is 0. The topological polar surface area (TPSA) is 20.3 Å². The summed E-state index contributed by atoms with van der Waals surface area (Å²) >= 11 is 5.25. The monoisotopic (exact) mass is 315 g/mol. The van der Waals surface area contributed by atoms with Crippen LogP contribution in [0.1, 0.15) is 35.7 Å². The Hall–Kier alpha value is -0.350. The molecule has 1 unspecified atom stereocenters. The predicted molar refractivity (Wildman–Crippen MR) is 76.1 cm³/mol. The molecule has 1 aliphatic heterocycles. The van der Waals surface area contributed by atoms with Gasteiger partial charge in [0.15, 0.2) is 0 Å². The van der Waals surface area contributed by atoms with Gasteiger partial charge in [0.05, 0.1) is 5.56 Å². The van der Waals surface area contributed by atoms with Crippen molar-refractivity contribution in [2.45, 2.75) is 31.5 Å². The molecular formula is C13H18BrNOS. The fraction of sp³-hybridized carbons (Fsp3) is 0.615. The molecule has 17 heavy (non-hydrogen) atoms. The highest BCUT2D eigenvalue weighted by molar-refractivity contribution is 9.09. The van der Waals surface area contributed by atoms with Crippen molar-refractivity contribution in [3.8, 4) is 0 Å². The molecule has 0 bridgehead atoms. The van der Waals surface area contributed by atoms with Gasteiger partial charge in [-0.3, -0.25) is 4.79 Å². The first-order valence-electron chi connectivity index (χ1n) is 6.05. The lowest BCUT2D eigenvalue weighted by atomic mass is 9.94. The Balaban J connectivity index is 1.98. The first-order chi connectivity index (χ1) is 8.09. The molecule has 94 valence electrons. The summed E-state index contributed by atoms with van der Waals surface area (Å²) in [4.78, 5) is 14.8. The fourth-order valence-electron chi connectivity index (χ4n) is 2.31. The molecule has 0 radical (unpaired) electrons. The van der Waals surface area contributed by atoms with Crippen molar-refractivity contribution < 1.29 is 4.79 Å². The van der Waals surface area contributed by atoms with Crippen LogP contribution < -0.4 is 0 Å². The number of carbonyl (C=O) groups is 1. The van der Waals surface area contributed by atoms with Crippen LogP contribution in [0.4, 0.5) is 0 Å². The Morgan fingerprint density at radius 1 is 1.47 bits per heavy atom. The highest BCUT2D eigenvalue weighted by atomic mass is 79.9. The molecule has 0 saturated carbocycles. The summed E-state index contributed by atoms with van der Waals surface area (Å²) in [5, 5.41) is 4.01. The number of amides is 1. The van der Waals surface area contributed by atoms with Crippen LogP contribution >= 0.6 is 27.3 Å². The van der Waals surface area contributed by atoms with Gasteiger partial charge in [-0.05, 0) is 36.6 Å². The molecule has 0 aromatic carbocycles. The second-order valence-electron chi connectivity index (χ2n) is 4.78. The Bertz CT molecular complexity index is 394. The van der Waals surface area contributed by atoms with Gasteiger partial charge in [0.2, 0.25) is 0 Å². The van der Waals surface area contributed by atoms with E-state index in [-0.39, 0.29) is 5.91 Å². The third kappa shape index (κ3) is 2.91. The first-order valence-corrected chi connectivity index (χ1v) is 7.91. The number of carbonyl (C=O) groups excluding carboxylic acids is 1. The van der Waals surface area contributed by atoms with E-state index in [1.54, 1.807) is 11.3 Å². The van der Waals surface area contributed by atoms with E-state index >= 15 is 0 Å². The van der Waals surface area contributed by atoms with Crippen LogP contribution in [0.3, 0.4) is 0 Å². The number of hydrogen-bond acceptors (Lipinski definition) is 2. The Morgan fingerprint density at radius 3 is 2.59 bits per heavy atom. The molecule has 4 heteroatoms. The molecular weight excluding hydrogens is 298 g/mol. The number of halogens is 1. The average molecular weight is 316 g/mol. The van der Waals surface area contributed by atoms with Gasteiger partial charge < -0.3 is 4.90 Å². The van der Waals surface area contributed by atoms with E-state index in [4.69, 9.17) is 0 Å². The molecule has 1 fully saturated rings. The van der Waals surface area contributed by atoms with Crippen molar-refractivity contribution >= 4 is 33.2 Å². The van der Waals surface area contributed by atoms with Gasteiger partial charge in [-0.1, -0.05) is 22.9 Å². The molecule has 2 rings (SSSR count). The molecule has 1 aromatic heterocycles. The minimum atomic E-state index is 0.212. The van der Waals surface area contributed by atoms with Crippen molar-refractivity contribution in [3.05, 3.63) is 21.9 Å². The van der Waals surface area contributed by atoms with Gasteiger partial charge in [0.25, 0.3) is 5.91 Å². The quantitative estimate of drug-likeness (QED) is 0.762. The molecule has 2 heterocycles. The molecule has 2 nitrogen and oxygen atoms in total. The number of rotatable bonds is 2. The zero-order valence-electron chi connectivity index (χ0n) is 10.3. The van der Waals surface area contributed by atoms with Crippen molar-refractivity contribution in [2.75, 3.05) is 13.1 Å². The predicted octanol–water partition coefficient (Wildman–Crippen LogP) is 3.69. The third-order valence-corrected chi connectivity index (χ3v) is 5.17. The SMILES string of the molecule is Cc1cscc1C(=O)N1CCC(C(C)Br)CC1. The van der Waals surface area contributed by atoms with Crippen LogP contribution in [0.15, 0.2) is 10.8 Å². The fourth-order valence-corrected chi connectivity index (χ4v) is 3.66. The summed E-state index contributed by atoms with van der Waals surface area (Å²) in [5.74, 6) is 0.923. The maximum atomic E-state index is 12.3. The molecule has 1 amide bonds. The van der Waals surface area contributed by atoms with E-state index in [1.807, 2.05) is 22.6 Å². The van der Waals surface area contributed by atoms with E-state index in [1.165, 1.54) is 0 Å². The second kappa shape index (κ2) is 5.53. The van der Waals surface area contributed by atoms with Gasteiger partial charge in [0.1, 0.15) is 0 Å². The summed E-state index contributed by atoms with van der Waals surface area (Å²) < 4.78 is 0. The van der Waals surface area contributed by atoms with Crippen molar-refractivity contribution in [1.29, 1.82) is 0 Å². The minimum Gasteiger partial charge on any atom is -0.339 e. The molecule has 0 N–H and O–H groups in total. The standard InChI is InChI=1S/C13H18BrNOS/c1-9-7-17-8-12(9)13(16)15-5-3-11(4-6-15)10(2)14/h7-8,10-11H,3-6H2,1-2H3. The number of nitrogens with zero attached hydrogens (tertiary/aromatic N) is 1. The van der Waals surface area contributed by atoms with Crippen molar-refractivity contribution in [3.63, 3.8) is 0 Å². The lowest BCUT2D eigenvalue weighted by molar-refractivity contribution is 0.0691. The van der Waals surface area contributed by atoms with E-state index in [0.717, 1.165) is 37.1 Å². The maximum Gasteiger partial charge on any atom is 0.254 e. The number of piperidine rings is 1. The highest BCUT2D eigenvalue weighted by Gasteiger charge is 2.26. The van der Waals surface area contributed by atoms with Crippen LogP contribution in [0.2, 0.25) is 0 Å². The van der Waals surface area contributed by atoms with E-state index < -0.39 is 0 Å². The van der Waals surface area contributed by atoms with Crippen LogP contribution in [0.25, 0.3) is 0 Å². The summed E-state index contributed by atoms with van der Waals surface area (Å²) in [6.45, 7) is 6.01. The summed E-state index contributed by atoms with van der Waals surface area (Å²) in [6.07, 6.45) is 2.22. The number of aryl methyl sites for hydroxylation is 1. The molecule has 1 aromatic rings. The van der Waals surface area contributed by atoms with Gasteiger partial charge in [-0.25, -0.2) is 0 Å². The van der Waals surface area contributed by atoms with Crippen LogP contribution in [-0.4, -0.2) is 28.7 Å². The van der Waals surface area contributed by atoms with Gasteiger partial charge in [-0.2, -0.15) is 11.3 Å². The lowest BCUT2D eigenvalue weighted by Gasteiger charge is -2.33. The second-order valence-corrected chi connectivity index (χ2v) is 6.96. The largest absolute Gasteiger partial charge is 0.339 e. The van der Waals surface area contributed by atoms with E-state index in [9.17, 15) is 4.79 Å². The van der Waals surface area contributed by atoms with E-state index in [2.05, 4.69) is 22.9 Å². The molecule has 1 saturated heterocycles. The lowest BCUT2D eigenvalue weighted by Crippen LogP contribution is -2.40. The van der Waals surface area contributed by atoms with Crippen molar-refractivity contribution in [1.82, 2.24) is 4.90 Å². The Kier molecular flexibility index (Phi) is 4.26. The normalized spacial score (nSPS) is 19.4. The van der Waals surface area contributed by atoms with Crippen LogP contribution in [-0.2, 0) is 0 Å². The van der Waals surface area contributed by atoms with Gasteiger partial charge in [0, 0.05) is 23.3 Å². The Labute approximate surface area is 115 Å². The third-order valence-electron chi connectivity index (χ3n) is 3.56. The van der Waals surface area contributed by atoms with Gasteiger partial charge >= 0.3 is 0 Å². The summed E-state index contributed by atoms with van der Waals surface area (Å²) in [6, 6.07) is 0. The molecule has 0 aliphatic carbocycles. The minimum absolute atomic E-state index is 0.212. The van der Waals surface area contributed by atoms with Crippen molar-refractivity contribution in [2.24, 2.45) is 5.92 Å².